The minimum atomic E-state index is -0.373. The fraction of sp³-hybridized carbons (Fsp3) is 0.130. The number of halogens is 1. The molecular formula is C23H19ClN2O5. The van der Waals surface area contributed by atoms with Crippen LogP contribution in [0.25, 0.3) is 11.0 Å². The van der Waals surface area contributed by atoms with E-state index in [1.54, 1.807) is 68.0 Å². The van der Waals surface area contributed by atoms with Crippen LogP contribution in [0.1, 0.15) is 16.1 Å². The van der Waals surface area contributed by atoms with Crippen LogP contribution in [0.4, 0.5) is 5.69 Å². The smallest absolute Gasteiger partial charge is 0.257 e. The second-order valence-electron chi connectivity index (χ2n) is 6.56. The first kappa shape index (κ1) is 20.6. The summed E-state index contributed by atoms with van der Waals surface area (Å²) in [6.07, 6.45) is 1.55. The van der Waals surface area contributed by atoms with Crippen molar-refractivity contribution in [1.82, 2.24) is 5.32 Å². The van der Waals surface area contributed by atoms with Gasteiger partial charge in [-0.3, -0.25) is 4.79 Å². The Hall–Kier alpha value is -3.71. The molecule has 2 aromatic carbocycles. The molecule has 0 bridgehead atoms. The van der Waals surface area contributed by atoms with Crippen molar-refractivity contribution in [2.75, 3.05) is 14.2 Å². The second-order valence-corrected chi connectivity index (χ2v) is 7.00. The molecule has 1 amide bonds. The van der Waals surface area contributed by atoms with E-state index in [1.807, 2.05) is 0 Å². The van der Waals surface area contributed by atoms with Crippen molar-refractivity contribution in [3.05, 3.63) is 82.8 Å². The highest BCUT2D eigenvalue weighted by Gasteiger charge is 2.15. The molecule has 0 aliphatic rings. The highest BCUT2D eigenvalue weighted by Crippen LogP contribution is 2.31. The molecule has 1 N–H and O–H groups in total. The van der Waals surface area contributed by atoms with E-state index in [-0.39, 0.29) is 23.6 Å². The minimum Gasteiger partial charge on any atom is -0.497 e. The summed E-state index contributed by atoms with van der Waals surface area (Å²) in [6.45, 7) is 0.224. The number of hydrogen-bond acceptors (Lipinski definition) is 6. The molecule has 0 unspecified atom stereocenters. The molecule has 0 aliphatic carbocycles. The normalized spacial score (nSPS) is 11.5. The molecule has 8 heteroatoms. The Kier molecular flexibility index (Phi) is 5.95. The molecule has 7 nitrogen and oxygen atoms in total. The first-order chi connectivity index (χ1) is 15.1. The number of ether oxygens (including phenoxy) is 2. The van der Waals surface area contributed by atoms with E-state index in [0.29, 0.717) is 38.9 Å². The number of methoxy groups -OCH3 is 2. The number of carbonyl (C=O) groups is 1. The van der Waals surface area contributed by atoms with Crippen molar-refractivity contribution in [1.29, 1.82) is 0 Å². The van der Waals surface area contributed by atoms with Gasteiger partial charge in [0.25, 0.3) is 5.91 Å². The van der Waals surface area contributed by atoms with E-state index < -0.39 is 0 Å². The predicted molar refractivity (Wildman–Crippen MR) is 116 cm³/mol. The van der Waals surface area contributed by atoms with Crippen molar-refractivity contribution in [2.45, 2.75) is 6.54 Å². The first-order valence-electron chi connectivity index (χ1n) is 9.38. The van der Waals surface area contributed by atoms with Gasteiger partial charge < -0.3 is 23.6 Å². The summed E-state index contributed by atoms with van der Waals surface area (Å²) in [4.78, 5) is 17.6. The van der Waals surface area contributed by atoms with Gasteiger partial charge in [0.1, 0.15) is 34.1 Å². The Morgan fingerprint density at radius 1 is 1.10 bits per heavy atom. The van der Waals surface area contributed by atoms with Crippen molar-refractivity contribution >= 4 is 34.2 Å². The molecule has 0 spiro atoms. The van der Waals surface area contributed by atoms with Gasteiger partial charge >= 0.3 is 0 Å². The topological polar surface area (TPSA) is 86.2 Å². The van der Waals surface area contributed by atoms with E-state index in [4.69, 9.17) is 29.9 Å². The Morgan fingerprint density at radius 2 is 1.97 bits per heavy atom. The monoisotopic (exact) mass is 438 g/mol. The predicted octanol–water partition coefficient (Wildman–Crippen LogP) is 4.86. The molecular weight excluding hydrogens is 420 g/mol. The van der Waals surface area contributed by atoms with Gasteiger partial charge in [0.2, 0.25) is 5.55 Å². The molecule has 0 atom stereocenters. The number of furan rings is 1. The maximum Gasteiger partial charge on any atom is 0.257 e. The molecule has 4 aromatic rings. The zero-order chi connectivity index (χ0) is 21.8. The van der Waals surface area contributed by atoms with Gasteiger partial charge in [-0.2, -0.15) is 0 Å². The molecule has 4 rings (SSSR count). The summed E-state index contributed by atoms with van der Waals surface area (Å²) in [5, 5.41) is 4.02. The van der Waals surface area contributed by atoms with E-state index in [0.717, 1.165) is 0 Å². The maximum absolute atomic E-state index is 13.0. The van der Waals surface area contributed by atoms with Crippen LogP contribution in [0.5, 0.6) is 11.5 Å². The Labute approximate surface area is 182 Å². The standard InChI is InChI=1S/C23H19ClN2O5/c1-28-16-6-8-21(29-2)19(12-16)26-23-18(22(27)25-13-17-4-3-9-30-17)11-14-10-15(24)5-7-20(14)31-23/h3-12H,13H2,1-2H3,(H,25,27). The number of carbonyl (C=O) groups excluding carboxylic acids is 1. The third kappa shape index (κ3) is 4.57. The molecule has 0 saturated carbocycles. The van der Waals surface area contributed by atoms with Gasteiger partial charge in [-0.1, -0.05) is 11.6 Å². The van der Waals surface area contributed by atoms with E-state index in [2.05, 4.69) is 10.3 Å². The third-order valence-corrected chi connectivity index (χ3v) is 4.80. The van der Waals surface area contributed by atoms with Gasteiger partial charge in [-0.25, -0.2) is 4.99 Å². The number of nitrogens with one attached hydrogen (secondary N) is 1. The fourth-order valence-electron chi connectivity index (χ4n) is 3.02. The zero-order valence-electron chi connectivity index (χ0n) is 16.8. The number of hydrogen-bond donors (Lipinski definition) is 1. The molecule has 0 saturated heterocycles. The quantitative estimate of drug-likeness (QED) is 0.464. The number of benzene rings is 2. The van der Waals surface area contributed by atoms with Gasteiger partial charge in [0.05, 0.1) is 27.0 Å². The van der Waals surface area contributed by atoms with Crippen LogP contribution in [-0.2, 0) is 6.54 Å². The lowest BCUT2D eigenvalue weighted by molar-refractivity contribution is 0.0944. The average Bonchev–Trinajstić information content (AvgIpc) is 3.31. The minimum absolute atomic E-state index is 0.123. The van der Waals surface area contributed by atoms with Crippen molar-refractivity contribution < 1.29 is 23.1 Å². The molecule has 0 fully saturated rings. The Morgan fingerprint density at radius 3 is 2.71 bits per heavy atom. The molecule has 0 aliphatic heterocycles. The molecule has 31 heavy (non-hydrogen) atoms. The number of amides is 1. The lowest BCUT2D eigenvalue weighted by Gasteiger charge is -2.08. The zero-order valence-corrected chi connectivity index (χ0v) is 17.6. The van der Waals surface area contributed by atoms with Crippen LogP contribution >= 0.6 is 11.6 Å². The summed E-state index contributed by atoms with van der Waals surface area (Å²) in [5.41, 5.74) is 1.36. The summed E-state index contributed by atoms with van der Waals surface area (Å²) < 4.78 is 21.9. The summed E-state index contributed by atoms with van der Waals surface area (Å²) in [7, 11) is 3.10. The van der Waals surface area contributed by atoms with Gasteiger partial charge in [-0.15, -0.1) is 0 Å². The summed E-state index contributed by atoms with van der Waals surface area (Å²) in [5.74, 6) is 1.36. The first-order valence-corrected chi connectivity index (χ1v) is 9.76. The molecule has 158 valence electrons. The van der Waals surface area contributed by atoms with Crippen LogP contribution in [0.15, 0.2) is 74.7 Å². The maximum atomic E-state index is 13.0. The van der Waals surface area contributed by atoms with Crippen LogP contribution in [-0.4, -0.2) is 20.1 Å². The molecule has 2 heterocycles. The van der Waals surface area contributed by atoms with Crippen molar-refractivity contribution in [2.24, 2.45) is 4.99 Å². The molecule has 2 aromatic heterocycles. The highest BCUT2D eigenvalue weighted by atomic mass is 35.5. The largest absolute Gasteiger partial charge is 0.497 e. The SMILES string of the molecule is COc1ccc(OC)c(N=c2oc3ccc(Cl)cc3cc2C(=O)NCc2ccco2)c1. The summed E-state index contributed by atoms with van der Waals surface area (Å²) in [6, 6.07) is 15.6. The van der Waals surface area contributed by atoms with Crippen LogP contribution < -0.4 is 20.3 Å². The van der Waals surface area contributed by atoms with Crippen molar-refractivity contribution in [3.63, 3.8) is 0 Å². The second kappa shape index (κ2) is 8.97. The fourth-order valence-corrected chi connectivity index (χ4v) is 3.20. The lowest BCUT2D eigenvalue weighted by Crippen LogP contribution is -2.28. The van der Waals surface area contributed by atoms with Gasteiger partial charge in [0.15, 0.2) is 0 Å². The lowest BCUT2D eigenvalue weighted by atomic mass is 10.1. The van der Waals surface area contributed by atoms with E-state index in [1.165, 1.54) is 7.11 Å². The number of fused-ring (bicyclic) bond motifs is 1. The van der Waals surface area contributed by atoms with Crippen LogP contribution in [0.2, 0.25) is 5.02 Å². The molecule has 0 radical (unpaired) electrons. The highest BCUT2D eigenvalue weighted by molar-refractivity contribution is 6.31. The number of rotatable bonds is 6. The van der Waals surface area contributed by atoms with Gasteiger partial charge in [-0.05, 0) is 48.5 Å². The third-order valence-electron chi connectivity index (χ3n) is 4.56. The number of nitrogens with zero attached hydrogens (tertiary/aromatic N) is 1. The summed E-state index contributed by atoms with van der Waals surface area (Å²) >= 11 is 6.11. The van der Waals surface area contributed by atoms with Crippen LogP contribution in [0, 0.1) is 0 Å². The van der Waals surface area contributed by atoms with Crippen LogP contribution in [0.3, 0.4) is 0 Å². The van der Waals surface area contributed by atoms with Gasteiger partial charge in [0, 0.05) is 16.5 Å². The average molecular weight is 439 g/mol. The Balaban J connectivity index is 1.84. The van der Waals surface area contributed by atoms with E-state index in [9.17, 15) is 4.79 Å². The van der Waals surface area contributed by atoms with E-state index >= 15 is 0 Å². The van der Waals surface area contributed by atoms with Crippen molar-refractivity contribution in [3.8, 4) is 11.5 Å². The Bertz CT molecular complexity index is 1300.